The third kappa shape index (κ3) is 4.81. The van der Waals surface area contributed by atoms with Gasteiger partial charge in [0.15, 0.2) is 0 Å². The minimum atomic E-state index is -0.163. The van der Waals surface area contributed by atoms with E-state index in [9.17, 15) is 4.79 Å². The van der Waals surface area contributed by atoms with E-state index in [2.05, 4.69) is 26.6 Å². The van der Waals surface area contributed by atoms with Crippen LogP contribution in [0.15, 0.2) is 33.5 Å². The molecule has 144 valence electrons. The average molecular weight is 401 g/mol. The van der Waals surface area contributed by atoms with Crippen LogP contribution in [-0.4, -0.2) is 74.9 Å². The molecule has 2 N–H and O–H groups in total. The third-order valence-electron chi connectivity index (χ3n) is 4.88. The van der Waals surface area contributed by atoms with Gasteiger partial charge in [-0.3, -0.25) is 15.0 Å². The number of carbonyl (C=O) groups excluding carboxylic acids is 1. The van der Waals surface area contributed by atoms with Crippen LogP contribution in [0.5, 0.6) is 0 Å². The number of nitrogens with one attached hydrogen (secondary N) is 2. The zero-order chi connectivity index (χ0) is 18.5. The molecule has 1 fully saturated rings. The summed E-state index contributed by atoms with van der Waals surface area (Å²) >= 11 is 12.3. The first kappa shape index (κ1) is 19.7. The Labute approximate surface area is 164 Å². The number of amides is 1. The smallest absolute Gasteiger partial charge is 0.252 e. The summed E-state index contributed by atoms with van der Waals surface area (Å²) in [5.41, 5.74) is 1.75. The number of hydrogen-bond donors (Lipinski definition) is 2. The van der Waals surface area contributed by atoms with Gasteiger partial charge in [-0.2, -0.15) is 0 Å². The maximum absolute atomic E-state index is 12.6. The lowest BCUT2D eigenvalue weighted by Gasteiger charge is -2.38. The van der Waals surface area contributed by atoms with Gasteiger partial charge < -0.3 is 15.0 Å². The van der Waals surface area contributed by atoms with E-state index in [1.807, 2.05) is 13.1 Å². The predicted octanol–water partition coefficient (Wildman–Crippen LogP) is 1.59. The highest BCUT2D eigenvalue weighted by molar-refractivity contribution is 6.42. The fraction of sp³-hybridized carbons (Fsp3) is 0.611. The number of allylic oxidation sites excluding steroid dienone is 2. The fourth-order valence-electron chi connectivity index (χ4n) is 3.50. The number of rotatable bonds is 5. The molecule has 0 aromatic heterocycles. The van der Waals surface area contributed by atoms with Crippen LogP contribution in [0.3, 0.4) is 0 Å². The minimum absolute atomic E-state index is 0.125. The third-order valence-corrected chi connectivity index (χ3v) is 5.78. The molecule has 8 heteroatoms. The molecular formula is C18H26Cl2N4O2. The number of ether oxygens (including phenoxy) is 1. The summed E-state index contributed by atoms with van der Waals surface area (Å²) in [6, 6.07) is 0.125. The quantitative estimate of drug-likeness (QED) is 0.733. The van der Waals surface area contributed by atoms with Crippen molar-refractivity contribution < 1.29 is 9.53 Å². The summed E-state index contributed by atoms with van der Waals surface area (Å²) in [6.07, 6.45) is 5.47. The normalized spacial score (nSPS) is 23.4. The Hall–Kier alpha value is -1.05. The second kappa shape index (κ2) is 9.24. The highest BCUT2D eigenvalue weighted by Gasteiger charge is 2.27. The van der Waals surface area contributed by atoms with E-state index in [0.29, 0.717) is 28.6 Å². The average Bonchev–Trinajstić information content (AvgIpc) is 2.65. The number of nitrogens with zero attached hydrogens (tertiary/aromatic N) is 2. The lowest BCUT2D eigenvalue weighted by Crippen LogP contribution is -2.52. The standard InChI is InChI=1S/C18H26Cl2N4O2/c1-23-11-13(9-21-12-23)16(24-5-7-26-8-6-24)10-22-18(25)14-3-2-4-15(19)17(14)20/h3,11,16,21H,2,4-10,12H2,1H3,(H,22,25). The topological polar surface area (TPSA) is 56.8 Å². The SMILES string of the molecule is CN1C=C(C(CNC(=O)C2=CCCC(Cl)=C2Cl)N2CCOCC2)CNC1. The molecule has 0 saturated carbocycles. The van der Waals surface area contributed by atoms with Crippen molar-refractivity contribution in [3.8, 4) is 0 Å². The van der Waals surface area contributed by atoms with Crippen LogP contribution in [0.1, 0.15) is 12.8 Å². The maximum Gasteiger partial charge on any atom is 0.252 e. The van der Waals surface area contributed by atoms with E-state index in [1.54, 1.807) is 0 Å². The van der Waals surface area contributed by atoms with Gasteiger partial charge in [0.2, 0.25) is 0 Å². The minimum Gasteiger partial charge on any atom is -0.379 e. The molecule has 1 amide bonds. The first-order chi connectivity index (χ1) is 12.6. The van der Waals surface area contributed by atoms with Gasteiger partial charge in [0.1, 0.15) is 0 Å². The molecule has 0 spiro atoms. The van der Waals surface area contributed by atoms with Gasteiger partial charge in [-0.25, -0.2) is 0 Å². The van der Waals surface area contributed by atoms with Crippen LogP contribution in [0, 0.1) is 0 Å². The van der Waals surface area contributed by atoms with Gasteiger partial charge in [0.05, 0.1) is 36.5 Å². The molecule has 1 saturated heterocycles. The van der Waals surface area contributed by atoms with Crippen molar-refractivity contribution in [3.05, 3.63) is 33.5 Å². The number of morpholine rings is 1. The molecule has 0 bridgehead atoms. The van der Waals surface area contributed by atoms with Crippen molar-refractivity contribution in [2.45, 2.75) is 18.9 Å². The van der Waals surface area contributed by atoms with E-state index < -0.39 is 0 Å². The molecule has 0 aromatic rings. The van der Waals surface area contributed by atoms with Crippen LogP contribution in [0.4, 0.5) is 0 Å². The van der Waals surface area contributed by atoms with E-state index in [4.69, 9.17) is 27.9 Å². The largest absolute Gasteiger partial charge is 0.379 e. The Morgan fingerprint density at radius 2 is 2.15 bits per heavy atom. The van der Waals surface area contributed by atoms with Crippen LogP contribution in [0.25, 0.3) is 0 Å². The van der Waals surface area contributed by atoms with E-state index in [-0.39, 0.29) is 11.9 Å². The van der Waals surface area contributed by atoms with Gasteiger partial charge in [-0.1, -0.05) is 29.3 Å². The molecule has 6 nitrogen and oxygen atoms in total. The Kier molecular flexibility index (Phi) is 7.00. The molecular weight excluding hydrogens is 375 g/mol. The Balaban J connectivity index is 1.69. The van der Waals surface area contributed by atoms with Gasteiger partial charge in [-0.05, 0) is 18.4 Å². The van der Waals surface area contributed by atoms with Gasteiger partial charge in [0.25, 0.3) is 5.91 Å². The van der Waals surface area contributed by atoms with Gasteiger partial charge in [-0.15, -0.1) is 0 Å². The summed E-state index contributed by atoms with van der Waals surface area (Å²) in [7, 11) is 2.04. The Bertz CT molecular complexity index is 627. The zero-order valence-corrected chi connectivity index (χ0v) is 16.6. The molecule has 0 radical (unpaired) electrons. The fourth-order valence-corrected chi connectivity index (χ4v) is 3.97. The molecule has 2 aliphatic heterocycles. The van der Waals surface area contributed by atoms with Gasteiger partial charge >= 0.3 is 0 Å². The second-order valence-electron chi connectivity index (χ2n) is 6.80. The van der Waals surface area contributed by atoms with E-state index >= 15 is 0 Å². The lowest BCUT2D eigenvalue weighted by atomic mass is 10.0. The summed E-state index contributed by atoms with van der Waals surface area (Å²) < 4.78 is 5.48. The van der Waals surface area contributed by atoms with Crippen LogP contribution in [0.2, 0.25) is 0 Å². The summed E-state index contributed by atoms with van der Waals surface area (Å²) in [5, 5.41) is 7.39. The second-order valence-corrected chi connectivity index (χ2v) is 7.63. The summed E-state index contributed by atoms with van der Waals surface area (Å²) in [4.78, 5) is 17.1. The first-order valence-corrected chi connectivity index (χ1v) is 9.78. The first-order valence-electron chi connectivity index (χ1n) is 9.02. The monoisotopic (exact) mass is 400 g/mol. The Morgan fingerprint density at radius 1 is 1.38 bits per heavy atom. The Morgan fingerprint density at radius 3 is 2.88 bits per heavy atom. The van der Waals surface area contributed by atoms with Crippen molar-refractivity contribution >= 4 is 29.1 Å². The molecule has 1 atom stereocenters. The predicted molar refractivity (Wildman–Crippen MR) is 104 cm³/mol. The van der Waals surface area contributed by atoms with Crippen molar-refractivity contribution in [1.82, 2.24) is 20.4 Å². The molecule has 26 heavy (non-hydrogen) atoms. The molecule has 1 aliphatic carbocycles. The van der Waals surface area contributed by atoms with E-state index in [1.165, 1.54) is 5.57 Å². The zero-order valence-electron chi connectivity index (χ0n) is 15.1. The molecule has 1 unspecified atom stereocenters. The van der Waals surface area contributed by atoms with Gasteiger partial charge in [0, 0.05) is 44.5 Å². The highest BCUT2D eigenvalue weighted by Crippen LogP contribution is 2.30. The number of hydrogen-bond acceptors (Lipinski definition) is 5. The van der Waals surface area contributed by atoms with Crippen LogP contribution < -0.4 is 10.6 Å². The molecule has 0 aromatic carbocycles. The van der Waals surface area contributed by atoms with Crippen molar-refractivity contribution in [2.24, 2.45) is 0 Å². The van der Waals surface area contributed by atoms with Crippen molar-refractivity contribution in [1.29, 1.82) is 0 Å². The molecule has 2 heterocycles. The molecule has 3 aliphatic rings. The number of carbonyl (C=O) groups is 1. The van der Waals surface area contributed by atoms with Crippen LogP contribution >= 0.6 is 23.2 Å². The maximum atomic E-state index is 12.6. The van der Waals surface area contributed by atoms with Crippen molar-refractivity contribution in [2.75, 3.05) is 53.1 Å². The summed E-state index contributed by atoms with van der Waals surface area (Å²) in [5.74, 6) is -0.163. The van der Waals surface area contributed by atoms with Crippen molar-refractivity contribution in [3.63, 3.8) is 0 Å². The van der Waals surface area contributed by atoms with E-state index in [0.717, 1.165) is 45.9 Å². The molecule has 3 rings (SSSR count). The van der Waals surface area contributed by atoms with Crippen LogP contribution in [-0.2, 0) is 9.53 Å². The lowest BCUT2D eigenvalue weighted by molar-refractivity contribution is -0.117. The highest BCUT2D eigenvalue weighted by atomic mass is 35.5. The summed E-state index contributed by atoms with van der Waals surface area (Å²) in [6.45, 7) is 5.33. The number of halogens is 2.